The van der Waals surface area contributed by atoms with Gasteiger partial charge in [0, 0.05) is 6.61 Å². The Morgan fingerprint density at radius 2 is 1.82 bits per heavy atom. The van der Waals surface area contributed by atoms with Crippen molar-refractivity contribution >= 4 is 5.91 Å². The molecule has 0 spiro atoms. The predicted octanol–water partition coefficient (Wildman–Crippen LogP) is 2.18. The third-order valence-electron chi connectivity index (χ3n) is 4.06. The van der Waals surface area contributed by atoms with E-state index in [-0.39, 0.29) is 24.5 Å². The number of benzene rings is 1. The number of hydrogen-bond donors (Lipinski definition) is 1. The predicted molar refractivity (Wildman–Crippen MR) is 81.2 cm³/mol. The van der Waals surface area contributed by atoms with Crippen LogP contribution in [0.15, 0.2) is 30.3 Å². The second-order valence-electron chi connectivity index (χ2n) is 5.74. The molecular weight excluding hydrogens is 282 g/mol. The molecule has 1 aromatic rings. The fraction of sp³-hybridized carbons (Fsp3) is 0.588. The minimum Gasteiger partial charge on any atom is -0.376 e. The summed E-state index contributed by atoms with van der Waals surface area (Å²) in [5.74, 6) is -0.0590. The molecule has 120 valence electrons. The molecule has 5 heteroatoms. The summed E-state index contributed by atoms with van der Waals surface area (Å²) >= 11 is 0. The van der Waals surface area contributed by atoms with Gasteiger partial charge >= 0.3 is 0 Å². The lowest BCUT2D eigenvalue weighted by molar-refractivity contribution is -0.184. The molecule has 1 amide bonds. The van der Waals surface area contributed by atoms with E-state index in [1.807, 2.05) is 30.3 Å². The molecule has 0 saturated carbocycles. The average Bonchev–Trinajstić information content (AvgIpc) is 3.08. The van der Waals surface area contributed by atoms with E-state index in [2.05, 4.69) is 5.32 Å². The van der Waals surface area contributed by atoms with Crippen molar-refractivity contribution in [2.24, 2.45) is 0 Å². The van der Waals surface area contributed by atoms with Crippen molar-refractivity contribution in [1.82, 2.24) is 5.32 Å². The maximum atomic E-state index is 12.3. The Hall–Kier alpha value is -1.43. The zero-order valence-corrected chi connectivity index (χ0v) is 12.7. The monoisotopic (exact) mass is 305 g/mol. The number of carbonyl (C=O) groups excluding carboxylic acids is 1. The van der Waals surface area contributed by atoms with E-state index in [0.717, 1.165) is 31.4 Å². The van der Waals surface area contributed by atoms with Gasteiger partial charge in [0.2, 0.25) is 5.91 Å². The van der Waals surface area contributed by atoms with E-state index in [4.69, 9.17) is 14.2 Å². The van der Waals surface area contributed by atoms with Gasteiger partial charge in [-0.3, -0.25) is 4.79 Å². The average molecular weight is 305 g/mol. The number of nitrogens with one attached hydrogen (secondary N) is 1. The largest absolute Gasteiger partial charge is 0.376 e. The van der Waals surface area contributed by atoms with Gasteiger partial charge in [-0.1, -0.05) is 30.3 Å². The minimum atomic E-state index is -0.422. The van der Waals surface area contributed by atoms with Crippen molar-refractivity contribution in [3.05, 3.63) is 35.9 Å². The normalized spacial score (nSPS) is 24.1. The number of carbonyl (C=O) groups is 1. The van der Waals surface area contributed by atoms with E-state index in [0.29, 0.717) is 13.2 Å². The molecule has 3 rings (SSSR count). The van der Waals surface area contributed by atoms with Crippen LogP contribution in [0.4, 0.5) is 0 Å². The van der Waals surface area contributed by atoms with Crippen molar-refractivity contribution in [3.63, 3.8) is 0 Å². The van der Waals surface area contributed by atoms with Crippen LogP contribution in [0.1, 0.15) is 37.3 Å². The molecule has 0 aromatic heterocycles. The van der Waals surface area contributed by atoms with Crippen LogP contribution in [0, 0.1) is 0 Å². The summed E-state index contributed by atoms with van der Waals surface area (Å²) < 4.78 is 16.7. The van der Waals surface area contributed by atoms with Crippen LogP contribution in [-0.4, -0.2) is 38.1 Å². The maximum Gasteiger partial charge on any atom is 0.225 e. The SMILES string of the molecule is O=C(CC1OCCCO1)N[C@@H](c1ccccc1)[C@H]1CCCO1. The lowest BCUT2D eigenvalue weighted by Crippen LogP contribution is -2.39. The first-order valence-electron chi connectivity index (χ1n) is 8.02. The van der Waals surface area contributed by atoms with Crippen LogP contribution in [-0.2, 0) is 19.0 Å². The van der Waals surface area contributed by atoms with Crippen molar-refractivity contribution in [3.8, 4) is 0 Å². The summed E-state index contributed by atoms with van der Waals surface area (Å²) in [6.07, 6.45) is 2.75. The van der Waals surface area contributed by atoms with Crippen LogP contribution in [0.2, 0.25) is 0 Å². The van der Waals surface area contributed by atoms with Crippen LogP contribution >= 0.6 is 0 Å². The third-order valence-corrected chi connectivity index (χ3v) is 4.06. The van der Waals surface area contributed by atoms with Gasteiger partial charge in [0.05, 0.1) is 31.8 Å². The van der Waals surface area contributed by atoms with E-state index in [1.54, 1.807) is 0 Å². The number of hydrogen-bond acceptors (Lipinski definition) is 4. The van der Waals surface area contributed by atoms with E-state index < -0.39 is 6.29 Å². The van der Waals surface area contributed by atoms with E-state index in [1.165, 1.54) is 0 Å². The molecule has 2 aliphatic heterocycles. The Morgan fingerprint density at radius 1 is 1.09 bits per heavy atom. The number of rotatable bonds is 5. The van der Waals surface area contributed by atoms with E-state index >= 15 is 0 Å². The topological polar surface area (TPSA) is 56.8 Å². The van der Waals surface area contributed by atoms with Gasteiger partial charge in [0.25, 0.3) is 0 Å². The zero-order valence-electron chi connectivity index (χ0n) is 12.7. The molecule has 2 atom stereocenters. The highest BCUT2D eigenvalue weighted by molar-refractivity contribution is 5.76. The Kier molecular flexibility index (Phi) is 5.43. The first-order valence-corrected chi connectivity index (χ1v) is 8.02. The summed E-state index contributed by atoms with van der Waals surface area (Å²) in [6, 6.07) is 9.88. The molecule has 2 saturated heterocycles. The molecule has 22 heavy (non-hydrogen) atoms. The maximum absolute atomic E-state index is 12.3. The summed E-state index contributed by atoms with van der Waals surface area (Å²) in [5, 5.41) is 3.10. The molecule has 0 aliphatic carbocycles. The van der Waals surface area contributed by atoms with Crippen molar-refractivity contribution in [1.29, 1.82) is 0 Å². The fourth-order valence-electron chi connectivity index (χ4n) is 2.95. The second-order valence-corrected chi connectivity index (χ2v) is 5.74. The lowest BCUT2D eigenvalue weighted by atomic mass is 9.99. The van der Waals surface area contributed by atoms with Gasteiger partial charge < -0.3 is 19.5 Å². The van der Waals surface area contributed by atoms with Gasteiger partial charge in [-0.2, -0.15) is 0 Å². The van der Waals surface area contributed by atoms with Gasteiger partial charge in [-0.25, -0.2) is 0 Å². The standard InChI is InChI=1S/C17H23NO4/c19-15(12-16-21-10-5-11-22-16)18-17(14-8-4-9-20-14)13-6-2-1-3-7-13/h1-3,6-7,14,16-17H,4-5,8-12H2,(H,18,19)/t14-,17+/m1/s1. The molecule has 1 aromatic carbocycles. The molecule has 2 aliphatic rings. The fourth-order valence-corrected chi connectivity index (χ4v) is 2.95. The molecule has 0 radical (unpaired) electrons. The molecule has 5 nitrogen and oxygen atoms in total. The van der Waals surface area contributed by atoms with Gasteiger partial charge in [-0.05, 0) is 24.8 Å². The molecule has 1 N–H and O–H groups in total. The van der Waals surface area contributed by atoms with Crippen LogP contribution in [0.25, 0.3) is 0 Å². The minimum absolute atomic E-state index is 0.0412. The molecule has 0 unspecified atom stereocenters. The zero-order chi connectivity index (χ0) is 15.2. The highest BCUT2D eigenvalue weighted by Gasteiger charge is 2.29. The quantitative estimate of drug-likeness (QED) is 0.906. The van der Waals surface area contributed by atoms with Crippen molar-refractivity contribution in [2.45, 2.75) is 44.1 Å². The van der Waals surface area contributed by atoms with Gasteiger partial charge in [-0.15, -0.1) is 0 Å². The van der Waals surface area contributed by atoms with Crippen LogP contribution in [0.5, 0.6) is 0 Å². The molecule has 2 fully saturated rings. The smallest absolute Gasteiger partial charge is 0.225 e. The van der Waals surface area contributed by atoms with Gasteiger partial charge in [0.1, 0.15) is 0 Å². The van der Waals surface area contributed by atoms with Crippen LogP contribution < -0.4 is 5.32 Å². The number of ether oxygens (including phenoxy) is 3. The van der Waals surface area contributed by atoms with Crippen molar-refractivity contribution < 1.29 is 19.0 Å². The third kappa shape index (κ3) is 4.06. The first kappa shape index (κ1) is 15.5. The van der Waals surface area contributed by atoms with Crippen molar-refractivity contribution in [2.75, 3.05) is 19.8 Å². The Bertz CT molecular complexity index is 467. The van der Waals surface area contributed by atoms with E-state index in [9.17, 15) is 4.79 Å². The first-order chi connectivity index (χ1) is 10.8. The molecular formula is C17H23NO4. The van der Waals surface area contributed by atoms with Crippen LogP contribution in [0.3, 0.4) is 0 Å². The molecule has 0 bridgehead atoms. The molecule has 2 heterocycles. The lowest BCUT2D eigenvalue weighted by Gasteiger charge is -2.27. The highest BCUT2D eigenvalue weighted by Crippen LogP contribution is 2.27. The highest BCUT2D eigenvalue weighted by atomic mass is 16.7. The Balaban J connectivity index is 1.63. The second kappa shape index (κ2) is 7.72. The Labute approximate surface area is 130 Å². The summed E-state index contributed by atoms with van der Waals surface area (Å²) in [4.78, 5) is 12.3. The summed E-state index contributed by atoms with van der Waals surface area (Å²) in [6.45, 7) is 2.08. The summed E-state index contributed by atoms with van der Waals surface area (Å²) in [7, 11) is 0. The van der Waals surface area contributed by atoms with Gasteiger partial charge in [0.15, 0.2) is 6.29 Å². The number of amides is 1. The summed E-state index contributed by atoms with van der Waals surface area (Å²) in [5.41, 5.74) is 1.08. The Morgan fingerprint density at radius 3 is 2.50 bits per heavy atom.